The molecule has 1 N–H and O–H groups in total. The summed E-state index contributed by atoms with van der Waals surface area (Å²) < 4.78 is 5.26. The lowest BCUT2D eigenvalue weighted by molar-refractivity contribution is 0.0696. The van der Waals surface area contributed by atoms with Crippen LogP contribution in [0.25, 0.3) is 0 Å². The summed E-state index contributed by atoms with van der Waals surface area (Å²) in [4.78, 5) is 22.5. The van der Waals surface area contributed by atoms with Crippen LogP contribution in [0.2, 0.25) is 0 Å². The predicted molar refractivity (Wildman–Crippen MR) is 114 cm³/mol. The van der Waals surface area contributed by atoms with Crippen molar-refractivity contribution in [3.63, 3.8) is 0 Å². The van der Waals surface area contributed by atoms with Crippen molar-refractivity contribution in [2.24, 2.45) is 0 Å². The Kier molecular flexibility index (Phi) is 7.21. The van der Waals surface area contributed by atoms with Gasteiger partial charge in [0.15, 0.2) is 5.16 Å². The monoisotopic (exact) mass is 409 g/mol. The molecule has 0 radical (unpaired) electrons. The third-order valence-corrected chi connectivity index (χ3v) is 5.15. The SMILES string of the molecule is COCc1cc(N(C)Cc2ccccc2)nc(SCc2cccc(C(=O)O)c2)n1. The zero-order valence-corrected chi connectivity index (χ0v) is 17.2. The Labute approximate surface area is 174 Å². The standard InChI is InChI=1S/C22H23N3O3S/c1-25(13-16-7-4-3-5-8-16)20-12-19(14-28-2)23-22(24-20)29-15-17-9-6-10-18(11-17)21(26)27/h3-12H,13-15H2,1-2H3,(H,26,27). The minimum atomic E-state index is -0.931. The van der Waals surface area contributed by atoms with E-state index < -0.39 is 5.97 Å². The molecule has 29 heavy (non-hydrogen) atoms. The molecule has 1 aromatic heterocycles. The summed E-state index contributed by atoms with van der Waals surface area (Å²) in [6.45, 7) is 1.13. The van der Waals surface area contributed by atoms with Gasteiger partial charge in [0.2, 0.25) is 0 Å². The number of thioether (sulfide) groups is 1. The quantitative estimate of drug-likeness (QED) is 0.418. The molecule has 0 amide bonds. The second-order valence-corrected chi connectivity index (χ2v) is 7.51. The number of aromatic carboxylic acids is 1. The van der Waals surface area contributed by atoms with E-state index in [0.29, 0.717) is 17.5 Å². The van der Waals surface area contributed by atoms with E-state index in [4.69, 9.17) is 14.8 Å². The molecule has 0 unspecified atom stereocenters. The second-order valence-electron chi connectivity index (χ2n) is 6.57. The first-order chi connectivity index (χ1) is 14.0. The minimum absolute atomic E-state index is 0.278. The summed E-state index contributed by atoms with van der Waals surface area (Å²) in [6, 6.07) is 19.1. The summed E-state index contributed by atoms with van der Waals surface area (Å²) in [5.41, 5.74) is 3.19. The smallest absolute Gasteiger partial charge is 0.335 e. The zero-order chi connectivity index (χ0) is 20.6. The lowest BCUT2D eigenvalue weighted by Gasteiger charge is -2.19. The molecule has 0 saturated heterocycles. The number of carbonyl (C=O) groups is 1. The number of anilines is 1. The normalized spacial score (nSPS) is 10.7. The minimum Gasteiger partial charge on any atom is -0.478 e. The van der Waals surface area contributed by atoms with Gasteiger partial charge < -0.3 is 14.7 Å². The van der Waals surface area contributed by atoms with Gasteiger partial charge in [-0.05, 0) is 23.3 Å². The number of hydrogen-bond donors (Lipinski definition) is 1. The van der Waals surface area contributed by atoms with Gasteiger partial charge in [0, 0.05) is 32.5 Å². The Bertz CT molecular complexity index is 967. The number of methoxy groups -OCH3 is 1. The molecule has 3 rings (SSSR count). The summed E-state index contributed by atoms with van der Waals surface area (Å²) in [6.07, 6.45) is 0. The fourth-order valence-corrected chi connectivity index (χ4v) is 3.64. The van der Waals surface area contributed by atoms with Gasteiger partial charge in [-0.3, -0.25) is 0 Å². The molecule has 0 saturated carbocycles. The number of hydrogen-bond acceptors (Lipinski definition) is 6. The molecule has 0 atom stereocenters. The molecular formula is C22H23N3O3S. The third-order valence-electron chi connectivity index (χ3n) is 4.23. The van der Waals surface area contributed by atoms with E-state index in [-0.39, 0.29) is 5.56 Å². The predicted octanol–water partition coefficient (Wildman–Crippen LogP) is 4.25. The van der Waals surface area contributed by atoms with E-state index in [1.54, 1.807) is 25.3 Å². The molecule has 0 bridgehead atoms. The van der Waals surface area contributed by atoms with Gasteiger partial charge in [0.05, 0.1) is 17.9 Å². The van der Waals surface area contributed by atoms with Crippen molar-refractivity contribution >= 4 is 23.5 Å². The Hall–Kier alpha value is -2.90. The van der Waals surface area contributed by atoms with Crippen LogP contribution in [0, 0.1) is 0 Å². The van der Waals surface area contributed by atoms with Gasteiger partial charge in [-0.25, -0.2) is 14.8 Å². The molecule has 150 valence electrons. The molecule has 3 aromatic rings. The highest BCUT2D eigenvalue weighted by atomic mass is 32.2. The Morgan fingerprint density at radius 3 is 2.55 bits per heavy atom. The summed E-state index contributed by atoms with van der Waals surface area (Å²) in [5, 5.41) is 9.79. The largest absolute Gasteiger partial charge is 0.478 e. The van der Waals surface area contributed by atoms with Gasteiger partial charge in [0.25, 0.3) is 0 Å². The first-order valence-electron chi connectivity index (χ1n) is 9.12. The Balaban J connectivity index is 1.77. The average molecular weight is 410 g/mol. The number of ether oxygens (including phenoxy) is 1. The molecule has 6 nitrogen and oxygen atoms in total. The van der Waals surface area contributed by atoms with Crippen LogP contribution in [-0.4, -0.2) is 35.2 Å². The maximum Gasteiger partial charge on any atom is 0.335 e. The van der Waals surface area contributed by atoms with E-state index in [2.05, 4.69) is 22.0 Å². The van der Waals surface area contributed by atoms with E-state index in [0.717, 1.165) is 23.6 Å². The number of carboxylic acids is 1. The van der Waals surface area contributed by atoms with Crippen molar-refractivity contribution in [1.82, 2.24) is 9.97 Å². The molecule has 0 spiro atoms. The molecule has 0 fully saturated rings. The number of benzene rings is 2. The summed E-state index contributed by atoms with van der Waals surface area (Å²) in [5.74, 6) is 0.469. The van der Waals surface area contributed by atoms with Crippen molar-refractivity contribution in [3.05, 3.63) is 83.0 Å². The highest BCUT2D eigenvalue weighted by Gasteiger charge is 2.11. The van der Waals surface area contributed by atoms with Crippen molar-refractivity contribution in [2.45, 2.75) is 24.1 Å². The van der Waals surface area contributed by atoms with Crippen LogP contribution < -0.4 is 4.90 Å². The highest BCUT2D eigenvalue weighted by molar-refractivity contribution is 7.98. The van der Waals surface area contributed by atoms with Gasteiger partial charge in [-0.1, -0.05) is 54.2 Å². The second kappa shape index (κ2) is 10.0. The van der Waals surface area contributed by atoms with Crippen LogP contribution in [-0.2, 0) is 23.6 Å². The van der Waals surface area contributed by atoms with Gasteiger partial charge in [-0.2, -0.15) is 0 Å². The average Bonchev–Trinajstić information content (AvgIpc) is 2.73. The van der Waals surface area contributed by atoms with Crippen molar-refractivity contribution in [3.8, 4) is 0 Å². The Morgan fingerprint density at radius 2 is 1.83 bits per heavy atom. The summed E-state index contributed by atoms with van der Waals surface area (Å²) >= 11 is 1.47. The highest BCUT2D eigenvalue weighted by Crippen LogP contribution is 2.24. The van der Waals surface area contributed by atoms with Crippen LogP contribution in [0.4, 0.5) is 5.82 Å². The fourth-order valence-electron chi connectivity index (χ4n) is 2.82. The molecule has 1 heterocycles. The number of rotatable bonds is 9. The van der Waals surface area contributed by atoms with E-state index >= 15 is 0 Å². The van der Waals surface area contributed by atoms with Crippen molar-refractivity contribution in [1.29, 1.82) is 0 Å². The molecule has 2 aromatic carbocycles. The van der Waals surface area contributed by atoms with Crippen LogP contribution >= 0.6 is 11.8 Å². The third kappa shape index (κ3) is 6.04. The molecule has 7 heteroatoms. The zero-order valence-electron chi connectivity index (χ0n) is 16.4. The Morgan fingerprint density at radius 1 is 1.07 bits per heavy atom. The molecule has 0 aliphatic rings. The van der Waals surface area contributed by atoms with Crippen LogP contribution in [0.15, 0.2) is 65.8 Å². The molecule has 0 aliphatic carbocycles. The lowest BCUT2D eigenvalue weighted by Crippen LogP contribution is -2.18. The number of nitrogens with zero attached hydrogens (tertiary/aromatic N) is 3. The molecule has 0 aliphatic heterocycles. The lowest BCUT2D eigenvalue weighted by atomic mass is 10.1. The van der Waals surface area contributed by atoms with Crippen LogP contribution in [0.5, 0.6) is 0 Å². The van der Waals surface area contributed by atoms with Gasteiger partial charge in [0.1, 0.15) is 5.82 Å². The van der Waals surface area contributed by atoms with E-state index in [9.17, 15) is 4.79 Å². The van der Waals surface area contributed by atoms with Crippen molar-refractivity contribution < 1.29 is 14.6 Å². The summed E-state index contributed by atoms with van der Waals surface area (Å²) in [7, 11) is 3.64. The first-order valence-corrected chi connectivity index (χ1v) is 10.1. The van der Waals surface area contributed by atoms with Gasteiger partial charge in [-0.15, -0.1) is 0 Å². The molecular weight excluding hydrogens is 386 g/mol. The van der Waals surface area contributed by atoms with E-state index in [1.807, 2.05) is 37.4 Å². The van der Waals surface area contributed by atoms with Crippen LogP contribution in [0.1, 0.15) is 27.2 Å². The van der Waals surface area contributed by atoms with Crippen LogP contribution in [0.3, 0.4) is 0 Å². The first kappa shape index (κ1) is 20.8. The van der Waals surface area contributed by atoms with Gasteiger partial charge >= 0.3 is 5.97 Å². The topological polar surface area (TPSA) is 75.5 Å². The number of aromatic nitrogens is 2. The maximum absolute atomic E-state index is 11.2. The maximum atomic E-state index is 11.2. The van der Waals surface area contributed by atoms with Crippen molar-refractivity contribution in [2.75, 3.05) is 19.1 Å². The van der Waals surface area contributed by atoms with E-state index in [1.165, 1.54) is 17.3 Å². The number of carboxylic acid groups (broad SMARTS) is 1. The fraction of sp³-hybridized carbons (Fsp3) is 0.227.